The lowest BCUT2D eigenvalue weighted by Crippen LogP contribution is -2.20. The third-order valence-electron chi connectivity index (χ3n) is 3.26. The van der Waals surface area contributed by atoms with Crippen molar-refractivity contribution in [2.45, 2.75) is 60.3 Å². The first-order valence-corrected chi connectivity index (χ1v) is 5.53. The van der Waals surface area contributed by atoms with Gasteiger partial charge in [-0.3, -0.25) is 0 Å². The van der Waals surface area contributed by atoms with Gasteiger partial charge in [0.1, 0.15) is 0 Å². The molecule has 0 spiro atoms. The first-order chi connectivity index (χ1) is 5.83. The molecule has 80 valence electrons. The summed E-state index contributed by atoms with van der Waals surface area (Å²) in [4.78, 5) is 0. The van der Waals surface area contributed by atoms with Gasteiger partial charge in [0.25, 0.3) is 0 Å². The Bertz CT molecular complexity index is 136. The number of rotatable bonds is 6. The lowest BCUT2D eigenvalue weighted by atomic mass is 9.76. The van der Waals surface area contributed by atoms with Crippen molar-refractivity contribution in [3.8, 4) is 0 Å². The maximum absolute atomic E-state index is 5.59. The van der Waals surface area contributed by atoms with Crippen molar-refractivity contribution < 1.29 is 0 Å². The van der Waals surface area contributed by atoms with E-state index >= 15 is 0 Å². The highest BCUT2D eigenvalue weighted by Gasteiger charge is 2.22. The maximum atomic E-state index is 5.59. The van der Waals surface area contributed by atoms with Gasteiger partial charge in [0.05, 0.1) is 0 Å². The van der Waals surface area contributed by atoms with Crippen LogP contribution in [0.1, 0.15) is 60.3 Å². The fourth-order valence-electron chi connectivity index (χ4n) is 1.37. The van der Waals surface area contributed by atoms with Crippen molar-refractivity contribution >= 4 is 0 Å². The largest absolute Gasteiger partial charge is 0.330 e. The zero-order chi connectivity index (χ0) is 10.5. The molecule has 2 N–H and O–H groups in total. The molecule has 1 heteroatoms. The molecule has 0 aliphatic heterocycles. The van der Waals surface area contributed by atoms with Crippen LogP contribution in [0.4, 0.5) is 0 Å². The summed E-state index contributed by atoms with van der Waals surface area (Å²) in [5, 5.41) is 0. The van der Waals surface area contributed by atoms with Crippen LogP contribution in [0.3, 0.4) is 0 Å². The number of nitrogens with two attached hydrogens (primary N) is 1. The Morgan fingerprint density at radius 3 is 1.69 bits per heavy atom. The van der Waals surface area contributed by atoms with Crippen molar-refractivity contribution in [1.82, 2.24) is 0 Å². The molecule has 0 rings (SSSR count). The van der Waals surface area contributed by atoms with Crippen LogP contribution in [0.25, 0.3) is 0 Å². The standard InChI is InChI=1S/C12H27N/c1-6-11(2,3)7-8-12(4,5)9-10-13/h6-10,13H2,1-5H3. The zero-order valence-corrected chi connectivity index (χ0v) is 10.1. The molecule has 1 nitrogen and oxygen atoms in total. The Hall–Kier alpha value is -0.0400. The highest BCUT2D eigenvalue weighted by Crippen LogP contribution is 2.34. The van der Waals surface area contributed by atoms with E-state index in [1.807, 2.05) is 0 Å². The second kappa shape index (κ2) is 4.99. The van der Waals surface area contributed by atoms with Crippen molar-refractivity contribution in [3.63, 3.8) is 0 Å². The molecule has 0 aromatic rings. The van der Waals surface area contributed by atoms with E-state index in [2.05, 4.69) is 34.6 Å². The molecule has 0 heterocycles. The molecular formula is C12H27N. The van der Waals surface area contributed by atoms with Gasteiger partial charge in [-0.05, 0) is 36.6 Å². The van der Waals surface area contributed by atoms with Crippen molar-refractivity contribution in [3.05, 3.63) is 0 Å². The van der Waals surface area contributed by atoms with E-state index in [0.717, 1.165) is 13.0 Å². The molecule has 0 aromatic heterocycles. The molecule has 0 atom stereocenters. The predicted molar refractivity (Wildman–Crippen MR) is 60.8 cm³/mol. The molecule has 0 bridgehead atoms. The molecule has 0 unspecified atom stereocenters. The van der Waals surface area contributed by atoms with Gasteiger partial charge in [-0.15, -0.1) is 0 Å². The normalized spacial score (nSPS) is 13.4. The monoisotopic (exact) mass is 185 g/mol. The topological polar surface area (TPSA) is 26.0 Å². The Kier molecular flexibility index (Phi) is 4.98. The fraction of sp³-hybridized carbons (Fsp3) is 1.00. The SMILES string of the molecule is CCC(C)(C)CCC(C)(C)CCN. The van der Waals surface area contributed by atoms with Crippen LogP contribution in [-0.4, -0.2) is 6.54 Å². The molecule has 0 aromatic carbocycles. The van der Waals surface area contributed by atoms with Gasteiger partial charge in [-0.2, -0.15) is 0 Å². The van der Waals surface area contributed by atoms with Crippen LogP contribution >= 0.6 is 0 Å². The molecule has 0 amide bonds. The van der Waals surface area contributed by atoms with E-state index in [0.29, 0.717) is 10.8 Å². The summed E-state index contributed by atoms with van der Waals surface area (Å²) in [6.45, 7) is 12.4. The Balaban J connectivity index is 3.86. The second-order valence-electron chi connectivity index (χ2n) is 5.72. The minimum absolute atomic E-state index is 0.432. The first kappa shape index (κ1) is 13.0. The van der Waals surface area contributed by atoms with E-state index in [1.54, 1.807) is 0 Å². The summed E-state index contributed by atoms with van der Waals surface area (Å²) in [7, 11) is 0. The highest BCUT2D eigenvalue weighted by atomic mass is 14.5. The molecular weight excluding hydrogens is 158 g/mol. The molecule has 0 saturated heterocycles. The summed E-state index contributed by atoms with van der Waals surface area (Å²) in [6.07, 6.45) is 5.03. The van der Waals surface area contributed by atoms with Crippen LogP contribution < -0.4 is 5.73 Å². The van der Waals surface area contributed by atoms with Gasteiger partial charge in [0.2, 0.25) is 0 Å². The van der Waals surface area contributed by atoms with Gasteiger partial charge in [0.15, 0.2) is 0 Å². The Labute approximate surface area is 84.1 Å². The minimum atomic E-state index is 0.432. The van der Waals surface area contributed by atoms with Crippen molar-refractivity contribution in [1.29, 1.82) is 0 Å². The van der Waals surface area contributed by atoms with E-state index in [9.17, 15) is 0 Å². The van der Waals surface area contributed by atoms with Crippen LogP contribution in [0.5, 0.6) is 0 Å². The van der Waals surface area contributed by atoms with Gasteiger partial charge in [0, 0.05) is 0 Å². The highest BCUT2D eigenvalue weighted by molar-refractivity contribution is 4.74. The predicted octanol–water partition coefficient (Wildman–Crippen LogP) is 3.58. The average molecular weight is 185 g/mol. The van der Waals surface area contributed by atoms with Crippen LogP contribution in [0.15, 0.2) is 0 Å². The number of hydrogen-bond acceptors (Lipinski definition) is 1. The van der Waals surface area contributed by atoms with Crippen molar-refractivity contribution in [2.24, 2.45) is 16.6 Å². The van der Waals surface area contributed by atoms with E-state index in [-0.39, 0.29) is 0 Å². The summed E-state index contributed by atoms with van der Waals surface area (Å²) in [5.74, 6) is 0. The van der Waals surface area contributed by atoms with E-state index in [4.69, 9.17) is 5.73 Å². The third kappa shape index (κ3) is 6.09. The maximum Gasteiger partial charge on any atom is -0.00722 e. The average Bonchev–Trinajstić information content (AvgIpc) is 2.02. The van der Waals surface area contributed by atoms with Gasteiger partial charge in [-0.25, -0.2) is 0 Å². The summed E-state index contributed by atoms with van der Waals surface area (Å²) < 4.78 is 0. The second-order valence-corrected chi connectivity index (χ2v) is 5.72. The summed E-state index contributed by atoms with van der Waals surface area (Å²) in [5.41, 5.74) is 6.52. The zero-order valence-electron chi connectivity index (χ0n) is 10.1. The fourth-order valence-corrected chi connectivity index (χ4v) is 1.37. The molecule has 13 heavy (non-hydrogen) atoms. The van der Waals surface area contributed by atoms with E-state index < -0.39 is 0 Å². The number of hydrogen-bond donors (Lipinski definition) is 1. The molecule has 0 aliphatic rings. The van der Waals surface area contributed by atoms with Gasteiger partial charge < -0.3 is 5.73 Å². The molecule has 0 saturated carbocycles. The molecule has 0 aliphatic carbocycles. The van der Waals surface area contributed by atoms with Crippen LogP contribution in [0.2, 0.25) is 0 Å². The summed E-state index contributed by atoms with van der Waals surface area (Å²) in [6, 6.07) is 0. The summed E-state index contributed by atoms with van der Waals surface area (Å²) >= 11 is 0. The quantitative estimate of drug-likeness (QED) is 0.672. The van der Waals surface area contributed by atoms with E-state index in [1.165, 1.54) is 19.3 Å². The first-order valence-electron chi connectivity index (χ1n) is 5.53. The Morgan fingerprint density at radius 2 is 1.31 bits per heavy atom. The molecule has 0 fully saturated rings. The minimum Gasteiger partial charge on any atom is -0.330 e. The van der Waals surface area contributed by atoms with Gasteiger partial charge >= 0.3 is 0 Å². The van der Waals surface area contributed by atoms with Crippen LogP contribution in [-0.2, 0) is 0 Å². The van der Waals surface area contributed by atoms with Crippen molar-refractivity contribution in [2.75, 3.05) is 6.54 Å². The Morgan fingerprint density at radius 1 is 0.846 bits per heavy atom. The molecule has 0 radical (unpaired) electrons. The smallest absolute Gasteiger partial charge is 0.00722 e. The van der Waals surface area contributed by atoms with Gasteiger partial charge in [-0.1, -0.05) is 41.0 Å². The lowest BCUT2D eigenvalue weighted by Gasteiger charge is -2.30. The van der Waals surface area contributed by atoms with Crippen LogP contribution in [0, 0.1) is 10.8 Å². The lowest BCUT2D eigenvalue weighted by molar-refractivity contribution is 0.224. The third-order valence-corrected chi connectivity index (χ3v) is 3.26.